The van der Waals surface area contributed by atoms with E-state index < -0.39 is 11.4 Å². The zero-order valence-electron chi connectivity index (χ0n) is 21.0. The van der Waals surface area contributed by atoms with E-state index in [9.17, 15) is 14.0 Å². The van der Waals surface area contributed by atoms with Gasteiger partial charge in [0.05, 0.1) is 17.2 Å². The normalized spacial score (nSPS) is 23.3. The second-order valence-electron chi connectivity index (χ2n) is 10.2. The van der Waals surface area contributed by atoms with E-state index in [1.54, 1.807) is 39.8 Å². The van der Waals surface area contributed by atoms with E-state index in [0.29, 0.717) is 18.4 Å². The molecule has 8 heteroatoms. The molecular weight excluding hydrogens is 519 g/mol. The van der Waals surface area contributed by atoms with Gasteiger partial charge in [-0.05, 0) is 84.3 Å². The molecule has 1 aliphatic heterocycles. The lowest BCUT2D eigenvalue weighted by Crippen LogP contribution is -2.39. The van der Waals surface area contributed by atoms with Crippen molar-refractivity contribution in [2.24, 2.45) is 11.0 Å². The van der Waals surface area contributed by atoms with Crippen LogP contribution in [-0.4, -0.2) is 29.2 Å². The number of thiophene rings is 2. The van der Waals surface area contributed by atoms with Gasteiger partial charge >= 0.3 is 5.97 Å². The maximum absolute atomic E-state index is 14.0. The van der Waals surface area contributed by atoms with Crippen LogP contribution in [0.25, 0.3) is 6.08 Å². The summed E-state index contributed by atoms with van der Waals surface area (Å²) in [5, 5.41) is 10.5. The number of carbonyl (C=O) groups is 2. The summed E-state index contributed by atoms with van der Waals surface area (Å²) < 4.78 is 19.7. The third-order valence-corrected chi connectivity index (χ3v) is 9.77. The molecule has 3 aliphatic rings. The molecule has 196 valence electrons. The number of allylic oxidation sites excluding steroid dienone is 1. The number of fused-ring (bicyclic) bond motifs is 1. The molecule has 0 bridgehead atoms. The van der Waals surface area contributed by atoms with Crippen LogP contribution < -0.4 is 0 Å². The Hall–Kier alpha value is -3.10. The molecule has 6 rings (SSSR count). The molecular formula is C30H29FN2O3S2. The molecule has 1 aromatic carbocycles. The van der Waals surface area contributed by atoms with Gasteiger partial charge in [0.15, 0.2) is 6.61 Å². The maximum atomic E-state index is 14.0. The minimum absolute atomic E-state index is 0.113. The molecule has 2 aromatic heterocycles. The van der Waals surface area contributed by atoms with Crippen molar-refractivity contribution in [3.8, 4) is 0 Å². The van der Waals surface area contributed by atoms with Crippen molar-refractivity contribution in [3.05, 3.63) is 86.0 Å². The molecule has 2 aliphatic carbocycles. The molecule has 2 saturated carbocycles. The lowest BCUT2D eigenvalue weighted by molar-refractivity contribution is -0.158. The molecule has 0 unspecified atom stereocenters. The lowest BCUT2D eigenvalue weighted by atomic mass is 9.79. The van der Waals surface area contributed by atoms with E-state index >= 15 is 0 Å². The van der Waals surface area contributed by atoms with Gasteiger partial charge in [-0.2, -0.15) is 5.10 Å². The Balaban J connectivity index is 1.25. The van der Waals surface area contributed by atoms with E-state index in [0.717, 1.165) is 42.7 Å². The number of amides is 1. The Morgan fingerprint density at radius 3 is 2.63 bits per heavy atom. The van der Waals surface area contributed by atoms with Crippen LogP contribution in [0.4, 0.5) is 4.39 Å². The topological polar surface area (TPSA) is 59.0 Å². The Morgan fingerprint density at radius 1 is 1.08 bits per heavy atom. The summed E-state index contributed by atoms with van der Waals surface area (Å²) in [6.45, 7) is -0.384. The minimum Gasteiger partial charge on any atom is -0.455 e. The lowest BCUT2D eigenvalue weighted by Gasteiger charge is -2.29. The van der Waals surface area contributed by atoms with E-state index in [4.69, 9.17) is 9.84 Å². The highest BCUT2D eigenvalue weighted by Crippen LogP contribution is 2.46. The fourth-order valence-corrected chi connectivity index (χ4v) is 7.75. The number of halogens is 1. The van der Waals surface area contributed by atoms with Crippen molar-refractivity contribution >= 4 is 46.3 Å². The molecule has 38 heavy (non-hydrogen) atoms. The van der Waals surface area contributed by atoms with Gasteiger partial charge in [-0.1, -0.05) is 37.1 Å². The Morgan fingerprint density at radius 2 is 1.89 bits per heavy atom. The van der Waals surface area contributed by atoms with Gasteiger partial charge in [0.2, 0.25) is 0 Å². The highest BCUT2D eigenvalue weighted by molar-refractivity contribution is 7.11. The first kappa shape index (κ1) is 25.2. The molecule has 0 saturated heterocycles. The standard InChI is InChI=1S/C30H29FN2O3S2/c31-22-9-4-8-21(18-22)30(13-1-2-14-30)29(35)36-19-26(34)33-28(25-12-6-16-38-25)24-11-3-7-20(27(24)32-33)17-23-10-5-15-37-23/h4-6,8-10,12,15-18,24,28H,1-3,7,11,13-14,19H2/b20-17+/t24-,28+/m0/s1. The van der Waals surface area contributed by atoms with Crippen molar-refractivity contribution < 1.29 is 18.7 Å². The van der Waals surface area contributed by atoms with Crippen LogP contribution in [0.5, 0.6) is 0 Å². The Labute approximate surface area is 229 Å². The number of benzene rings is 1. The van der Waals surface area contributed by atoms with Gasteiger partial charge in [0, 0.05) is 15.7 Å². The molecule has 3 aromatic rings. The third kappa shape index (κ3) is 4.64. The molecule has 0 N–H and O–H groups in total. The average molecular weight is 549 g/mol. The number of ether oxygens (including phenoxy) is 1. The smallest absolute Gasteiger partial charge is 0.317 e. The van der Waals surface area contributed by atoms with E-state index in [1.165, 1.54) is 22.6 Å². The monoisotopic (exact) mass is 548 g/mol. The van der Waals surface area contributed by atoms with Crippen LogP contribution in [0.2, 0.25) is 0 Å². The summed E-state index contributed by atoms with van der Waals surface area (Å²) in [5.74, 6) is -1.05. The number of nitrogens with zero attached hydrogens (tertiary/aromatic N) is 2. The second-order valence-corrected chi connectivity index (χ2v) is 12.2. The fraction of sp³-hybridized carbons (Fsp3) is 0.367. The number of rotatable bonds is 6. The molecule has 3 heterocycles. The van der Waals surface area contributed by atoms with Crippen molar-refractivity contribution in [1.29, 1.82) is 0 Å². The summed E-state index contributed by atoms with van der Waals surface area (Å²) in [4.78, 5) is 29.3. The first-order valence-electron chi connectivity index (χ1n) is 13.2. The highest BCUT2D eigenvalue weighted by atomic mass is 32.1. The van der Waals surface area contributed by atoms with Crippen molar-refractivity contribution in [1.82, 2.24) is 5.01 Å². The Kier molecular flexibility index (Phi) is 7.01. The van der Waals surface area contributed by atoms with Gasteiger partial charge in [-0.15, -0.1) is 22.7 Å². The summed E-state index contributed by atoms with van der Waals surface area (Å²) in [6, 6.07) is 14.2. The van der Waals surface area contributed by atoms with Crippen molar-refractivity contribution in [3.63, 3.8) is 0 Å². The van der Waals surface area contributed by atoms with Crippen LogP contribution >= 0.6 is 22.7 Å². The number of hydrogen-bond acceptors (Lipinski definition) is 6. The van der Waals surface area contributed by atoms with Gasteiger partial charge in [-0.3, -0.25) is 9.59 Å². The summed E-state index contributed by atoms with van der Waals surface area (Å²) >= 11 is 3.31. The molecule has 0 radical (unpaired) electrons. The van der Waals surface area contributed by atoms with Crippen molar-refractivity contribution in [2.75, 3.05) is 6.61 Å². The second kappa shape index (κ2) is 10.6. The predicted octanol–water partition coefficient (Wildman–Crippen LogP) is 7.13. The van der Waals surface area contributed by atoms with Crippen LogP contribution in [0.3, 0.4) is 0 Å². The average Bonchev–Trinajstić information content (AvgIpc) is 3.73. The predicted molar refractivity (Wildman–Crippen MR) is 148 cm³/mol. The van der Waals surface area contributed by atoms with Gasteiger partial charge in [0.1, 0.15) is 5.82 Å². The summed E-state index contributed by atoms with van der Waals surface area (Å²) in [7, 11) is 0. The minimum atomic E-state index is -0.906. The van der Waals surface area contributed by atoms with Crippen LogP contribution in [-0.2, 0) is 19.7 Å². The largest absolute Gasteiger partial charge is 0.455 e. The first-order valence-corrected chi connectivity index (χ1v) is 14.9. The van der Waals surface area contributed by atoms with Gasteiger partial charge < -0.3 is 4.74 Å². The van der Waals surface area contributed by atoms with Crippen LogP contribution in [0.1, 0.15) is 66.3 Å². The highest BCUT2D eigenvalue weighted by Gasteiger charge is 2.47. The number of hydrogen-bond donors (Lipinski definition) is 0. The quantitative estimate of drug-likeness (QED) is 0.308. The fourth-order valence-electron chi connectivity index (χ4n) is 6.20. The van der Waals surface area contributed by atoms with Crippen molar-refractivity contribution in [2.45, 2.75) is 56.4 Å². The van der Waals surface area contributed by atoms with E-state index in [2.05, 4.69) is 23.6 Å². The number of esters is 1. The zero-order valence-corrected chi connectivity index (χ0v) is 22.6. The molecule has 2 atom stereocenters. The number of hydrazone groups is 1. The van der Waals surface area contributed by atoms with Crippen LogP contribution in [0.15, 0.2) is 70.0 Å². The number of carbonyl (C=O) groups excluding carboxylic acids is 2. The zero-order chi connectivity index (χ0) is 26.1. The molecule has 2 fully saturated rings. The summed E-state index contributed by atoms with van der Waals surface area (Å²) in [5.41, 5.74) is 1.86. The third-order valence-electron chi connectivity index (χ3n) is 8.00. The molecule has 0 spiro atoms. The SMILES string of the molecule is O=C(COC(=O)C1(c2cccc(F)c2)CCCC1)N1N=C2/C(=C/c3cccs3)CCC[C@@H]2[C@@H]1c1cccs1. The molecule has 5 nitrogen and oxygen atoms in total. The van der Waals surface area contributed by atoms with Gasteiger partial charge in [0.25, 0.3) is 5.91 Å². The van der Waals surface area contributed by atoms with E-state index in [1.807, 2.05) is 17.5 Å². The van der Waals surface area contributed by atoms with Gasteiger partial charge in [-0.25, -0.2) is 9.40 Å². The summed E-state index contributed by atoms with van der Waals surface area (Å²) in [6.07, 6.45) is 8.01. The first-order chi connectivity index (χ1) is 18.5. The van der Waals surface area contributed by atoms with Crippen LogP contribution in [0, 0.1) is 11.7 Å². The Bertz CT molecular complexity index is 1370. The van der Waals surface area contributed by atoms with E-state index in [-0.39, 0.29) is 30.3 Å². The molecule has 1 amide bonds. The maximum Gasteiger partial charge on any atom is 0.317 e.